The number of thiazole rings is 1. The van der Waals surface area contributed by atoms with E-state index in [-0.39, 0.29) is 24.2 Å². The number of ether oxygens (including phenoxy) is 1. The molecule has 0 unspecified atom stereocenters. The molecule has 2 aliphatic rings. The van der Waals surface area contributed by atoms with Crippen LogP contribution in [0.1, 0.15) is 70.1 Å². The zero-order valence-corrected chi connectivity index (χ0v) is 26.5. The van der Waals surface area contributed by atoms with E-state index in [1.165, 1.54) is 17.8 Å². The Morgan fingerprint density at radius 2 is 1.74 bits per heavy atom. The smallest absolute Gasteiger partial charge is 0.243 e. The maximum atomic E-state index is 14.0. The number of nitrogens with one attached hydrogen (secondary N) is 2. The summed E-state index contributed by atoms with van der Waals surface area (Å²) in [5.74, 6) is 0.000901. The quantitative estimate of drug-likeness (QED) is 0.243. The van der Waals surface area contributed by atoms with Gasteiger partial charge in [0, 0.05) is 24.9 Å². The second kappa shape index (κ2) is 17.2. The minimum Gasteiger partial charge on any atom is -0.390 e. The molecule has 1 saturated carbocycles. The Bertz CT molecular complexity index is 1090. The Balaban J connectivity index is 1.53. The molecule has 4 rings (SSSR count). The van der Waals surface area contributed by atoms with Gasteiger partial charge in [0.05, 0.1) is 42.6 Å². The third-order valence-electron chi connectivity index (χ3n) is 8.75. The highest BCUT2D eigenvalue weighted by atomic mass is 32.1. The average molecular weight is 615 g/mol. The van der Waals surface area contributed by atoms with Crippen LogP contribution in [0.3, 0.4) is 0 Å². The van der Waals surface area contributed by atoms with Gasteiger partial charge >= 0.3 is 0 Å². The monoisotopic (exact) mass is 614 g/mol. The lowest BCUT2D eigenvalue weighted by Gasteiger charge is -2.35. The molecule has 1 saturated heterocycles. The minimum atomic E-state index is -1.09. The number of hydrogen-bond donors (Lipinski definition) is 4. The van der Waals surface area contributed by atoms with Crippen molar-refractivity contribution in [2.24, 2.45) is 11.8 Å². The van der Waals surface area contributed by atoms with Gasteiger partial charge in [0.2, 0.25) is 11.8 Å². The second-order valence-corrected chi connectivity index (χ2v) is 13.4. The largest absolute Gasteiger partial charge is 0.390 e. The van der Waals surface area contributed by atoms with Gasteiger partial charge in [-0.25, -0.2) is 4.98 Å². The zero-order chi connectivity index (χ0) is 30.6. The van der Waals surface area contributed by atoms with Crippen LogP contribution in [0.2, 0.25) is 0 Å². The third kappa shape index (κ3) is 10.6. The predicted molar refractivity (Wildman–Crippen MR) is 169 cm³/mol. The number of benzene rings is 1. The predicted octanol–water partition coefficient (Wildman–Crippen LogP) is 3.34. The molecule has 0 spiro atoms. The number of carbonyl (C=O) groups excluding carboxylic acids is 2. The molecule has 1 aromatic heterocycles. The Kier molecular flexibility index (Phi) is 13.4. The molecule has 1 aliphatic heterocycles. The van der Waals surface area contributed by atoms with Crippen LogP contribution in [0.4, 0.5) is 0 Å². The van der Waals surface area contributed by atoms with Crippen molar-refractivity contribution in [3.63, 3.8) is 0 Å². The van der Waals surface area contributed by atoms with E-state index in [1.54, 1.807) is 5.51 Å². The molecule has 2 heterocycles. The highest BCUT2D eigenvalue weighted by molar-refractivity contribution is 7.07. The number of aliphatic hydroxyl groups is 2. The number of hydrogen-bond acceptors (Lipinski definition) is 8. The van der Waals surface area contributed by atoms with Crippen LogP contribution in [0.5, 0.6) is 0 Å². The van der Waals surface area contributed by atoms with E-state index in [4.69, 9.17) is 4.74 Å². The molecule has 0 radical (unpaired) electrons. The summed E-state index contributed by atoms with van der Waals surface area (Å²) in [7, 11) is 0. The summed E-state index contributed by atoms with van der Waals surface area (Å²) in [6, 6.07) is 7.96. The van der Waals surface area contributed by atoms with Crippen LogP contribution in [-0.4, -0.2) is 88.5 Å². The van der Waals surface area contributed by atoms with E-state index >= 15 is 0 Å². The number of rotatable bonds is 15. The molecule has 9 nitrogen and oxygen atoms in total. The first-order chi connectivity index (χ1) is 20.8. The van der Waals surface area contributed by atoms with Crippen molar-refractivity contribution < 1.29 is 24.5 Å². The average Bonchev–Trinajstić information content (AvgIpc) is 3.53. The van der Waals surface area contributed by atoms with Crippen LogP contribution in [0.25, 0.3) is 0 Å². The van der Waals surface area contributed by atoms with E-state index < -0.39 is 30.3 Å². The molecule has 0 bridgehead atoms. The molecule has 2 fully saturated rings. The number of aromatic nitrogens is 1. The highest BCUT2D eigenvalue weighted by Gasteiger charge is 2.35. The molecule has 1 aliphatic carbocycles. The maximum absolute atomic E-state index is 14.0. The van der Waals surface area contributed by atoms with Crippen molar-refractivity contribution in [3.8, 4) is 0 Å². The van der Waals surface area contributed by atoms with Crippen LogP contribution in [-0.2, 0) is 27.2 Å². The molecule has 2 aromatic rings. The second-order valence-electron chi connectivity index (χ2n) is 12.6. The molecule has 238 valence electrons. The standard InChI is InChI=1S/C33H50N4O5S/c1-23(2)17-30(38)31(39)27(18-24-9-5-3-6-10-24)35-32(40)28(20-26-21-43-22-34-26)36-33(41)29(37-13-15-42-16-14-37)19-25-11-7-4-8-12-25/h4,7-8,11-12,21-24,27-31,38-39H,3,5-6,9-10,13-20H2,1-2H3,(H,35,40)(H,36,41)/t27-,28-,29-,30-,31+/m0/s1. The van der Waals surface area contributed by atoms with Gasteiger partial charge in [-0.2, -0.15) is 0 Å². The number of morpholine rings is 1. The molecule has 2 amide bonds. The first-order valence-corrected chi connectivity index (χ1v) is 16.9. The van der Waals surface area contributed by atoms with Gasteiger partial charge in [0.25, 0.3) is 0 Å². The summed E-state index contributed by atoms with van der Waals surface area (Å²) < 4.78 is 5.55. The first-order valence-electron chi connectivity index (χ1n) is 16.0. The topological polar surface area (TPSA) is 124 Å². The molecule has 4 N–H and O–H groups in total. The Hall–Kier alpha value is -2.37. The zero-order valence-electron chi connectivity index (χ0n) is 25.7. The fourth-order valence-corrected chi connectivity index (χ4v) is 6.95. The maximum Gasteiger partial charge on any atom is 0.243 e. The van der Waals surface area contributed by atoms with E-state index in [0.717, 1.165) is 36.9 Å². The van der Waals surface area contributed by atoms with Crippen molar-refractivity contribution >= 4 is 23.2 Å². The van der Waals surface area contributed by atoms with Gasteiger partial charge in [-0.15, -0.1) is 11.3 Å². The number of carbonyl (C=O) groups is 2. The van der Waals surface area contributed by atoms with Crippen molar-refractivity contribution in [2.75, 3.05) is 26.3 Å². The van der Waals surface area contributed by atoms with Crippen molar-refractivity contribution in [1.82, 2.24) is 20.5 Å². The van der Waals surface area contributed by atoms with Crippen molar-refractivity contribution in [3.05, 3.63) is 52.5 Å². The first kappa shape index (κ1) is 33.5. The Morgan fingerprint density at radius 1 is 1.02 bits per heavy atom. The van der Waals surface area contributed by atoms with Crippen LogP contribution >= 0.6 is 11.3 Å². The molecule has 1 aromatic carbocycles. The molecule has 10 heteroatoms. The van der Waals surface area contributed by atoms with E-state index in [0.29, 0.717) is 51.5 Å². The van der Waals surface area contributed by atoms with Gasteiger partial charge in [-0.05, 0) is 36.7 Å². The van der Waals surface area contributed by atoms with Gasteiger partial charge in [0.15, 0.2) is 0 Å². The van der Waals surface area contributed by atoms with Crippen LogP contribution in [0.15, 0.2) is 41.2 Å². The Labute approximate surface area is 260 Å². The normalized spacial score (nSPS) is 20.2. The molecular weight excluding hydrogens is 564 g/mol. The van der Waals surface area contributed by atoms with Gasteiger partial charge in [-0.1, -0.05) is 76.3 Å². The highest BCUT2D eigenvalue weighted by Crippen LogP contribution is 2.29. The van der Waals surface area contributed by atoms with Crippen molar-refractivity contribution in [1.29, 1.82) is 0 Å². The van der Waals surface area contributed by atoms with Crippen LogP contribution < -0.4 is 10.6 Å². The summed E-state index contributed by atoms with van der Waals surface area (Å²) in [5.41, 5.74) is 3.49. The van der Waals surface area contributed by atoms with Gasteiger partial charge < -0.3 is 25.6 Å². The summed E-state index contributed by atoms with van der Waals surface area (Å²) in [4.78, 5) is 34.5. The van der Waals surface area contributed by atoms with E-state index in [1.807, 2.05) is 49.6 Å². The minimum absolute atomic E-state index is 0.203. The lowest BCUT2D eigenvalue weighted by Crippen LogP contribution is -2.59. The summed E-state index contributed by atoms with van der Waals surface area (Å²) in [6.07, 6.45) is 5.36. The number of amides is 2. The van der Waals surface area contributed by atoms with Crippen LogP contribution in [0, 0.1) is 11.8 Å². The fourth-order valence-electron chi connectivity index (χ4n) is 6.38. The Morgan fingerprint density at radius 3 is 2.40 bits per heavy atom. The van der Waals surface area contributed by atoms with Gasteiger partial charge in [0.1, 0.15) is 12.1 Å². The molecular formula is C33H50N4O5S. The number of aliphatic hydroxyl groups excluding tert-OH is 2. The molecule has 5 atom stereocenters. The molecule has 43 heavy (non-hydrogen) atoms. The van der Waals surface area contributed by atoms with Crippen molar-refractivity contribution in [2.45, 2.75) is 102 Å². The summed E-state index contributed by atoms with van der Waals surface area (Å²) in [5, 5.41) is 30.2. The lowest BCUT2D eigenvalue weighted by atomic mass is 9.82. The van der Waals surface area contributed by atoms with E-state index in [9.17, 15) is 19.8 Å². The third-order valence-corrected chi connectivity index (χ3v) is 9.39. The fraction of sp³-hybridized carbons (Fsp3) is 0.667. The van der Waals surface area contributed by atoms with E-state index in [2.05, 4.69) is 20.5 Å². The summed E-state index contributed by atoms with van der Waals surface area (Å²) >= 11 is 1.44. The van der Waals surface area contributed by atoms with Gasteiger partial charge in [-0.3, -0.25) is 14.5 Å². The summed E-state index contributed by atoms with van der Waals surface area (Å²) in [6.45, 7) is 6.39. The lowest BCUT2D eigenvalue weighted by molar-refractivity contribution is -0.134. The number of nitrogens with zero attached hydrogens (tertiary/aromatic N) is 2. The SMILES string of the molecule is CC(C)C[C@H](O)[C@H](O)[C@H](CC1CCCCC1)NC(=O)[C@H](Cc1cscn1)NC(=O)[C@H](Cc1ccccc1)N1CCOCC1.